The molecule has 0 aromatic rings. The second-order valence-corrected chi connectivity index (χ2v) is 7.40. The zero-order chi connectivity index (χ0) is 13.7. The van der Waals surface area contributed by atoms with Crippen LogP contribution in [-0.4, -0.2) is 12.6 Å². The van der Waals surface area contributed by atoms with Gasteiger partial charge < -0.3 is 4.74 Å². The third-order valence-corrected chi connectivity index (χ3v) is 2.56. The zero-order valence-corrected chi connectivity index (χ0v) is 12.7. The van der Waals surface area contributed by atoms with Gasteiger partial charge in [0, 0.05) is 6.42 Å². The summed E-state index contributed by atoms with van der Waals surface area (Å²) < 4.78 is 5.06. The third kappa shape index (κ3) is 10.3. The summed E-state index contributed by atoms with van der Waals surface area (Å²) in [6, 6.07) is 0. The monoisotopic (exact) mass is 242 g/mol. The molecule has 0 heterocycles. The summed E-state index contributed by atoms with van der Waals surface area (Å²) >= 11 is 0. The van der Waals surface area contributed by atoms with Gasteiger partial charge >= 0.3 is 5.97 Å². The van der Waals surface area contributed by atoms with Crippen LogP contribution in [0.15, 0.2) is 0 Å². The lowest BCUT2D eigenvalue weighted by atomic mass is 9.75. The van der Waals surface area contributed by atoms with E-state index in [9.17, 15) is 4.79 Å². The molecule has 17 heavy (non-hydrogen) atoms. The lowest BCUT2D eigenvalue weighted by Crippen LogP contribution is -2.22. The van der Waals surface area contributed by atoms with Crippen molar-refractivity contribution in [2.24, 2.45) is 16.7 Å². The van der Waals surface area contributed by atoms with Crippen molar-refractivity contribution in [2.75, 3.05) is 6.61 Å². The Hall–Kier alpha value is -0.530. The second-order valence-electron chi connectivity index (χ2n) is 7.40. The van der Waals surface area contributed by atoms with E-state index in [1.807, 2.05) is 6.92 Å². The van der Waals surface area contributed by atoms with Crippen molar-refractivity contribution in [3.05, 3.63) is 0 Å². The Morgan fingerprint density at radius 2 is 1.41 bits per heavy atom. The Kier molecular flexibility index (Phi) is 6.22. The van der Waals surface area contributed by atoms with Crippen molar-refractivity contribution in [1.29, 1.82) is 0 Å². The molecule has 0 aliphatic heterocycles. The van der Waals surface area contributed by atoms with Crippen LogP contribution < -0.4 is 0 Å². The van der Waals surface area contributed by atoms with Crippen LogP contribution in [0.5, 0.6) is 0 Å². The molecule has 102 valence electrons. The van der Waals surface area contributed by atoms with Gasteiger partial charge in [-0.25, -0.2) is 0 Å². The van der Waals surface area contributed by atoms with Gasteiger partial charge in [-0.2, -0.15) is 0 Å². The van der Waals surface area contributed by atoms with Crippen LogP contribution in [-0.2, 0) is 9.53 Å². The summed E-state index contributed by atoms with van der Waals surface area (Å²) in [6.45, 7) is 15.7. The standard InChI is InChI=1S/C15H30O2/c1-8-17-13(16)9-12(10-14(2,3)4)11-15(5,6)7/h12H,8-11H2,1-7H3. The van der Waals surface area contributed by atoms with Gasteiger partial charge in [-0.15, -0.1) is 0 Å². The molecule has 0 amide bonds. The molecule has 0 aromatic carbocycles. The van der Waals surface area contributed by atoms with Crippen LogP contribution in [0.1, 0.15) is 67.7 Å². The van der Waals surface area contributed by atoms with Crippen molar-refractivity contribution in [1.82, 2.24) is 0 Å². The molecule has 0 saturated heterocycles. The first-order valence-electron chi connectivity index (χ1n) is 6.69. The number of ether oxygens (including phenoxy) is 1. The van der Waals surface area contributed by atoms with Gasteiger partial charge in [-0.1, -0.05) is 41.5 Å². The van der Waals surface area contributed by atoms with Gasteiger partial charge in [0.1, 0.15) is 0 Å². The van der Waals surface area contributed by atoms with E-state index in [2.05, 4.69) is 41.5 Å². The van der Waals surface area contributed by atoms with E-state index >= 15 is 0 Å². The van der Waals surface area contributed by atoms with Gasteiger partial charge in [-0.3, -0.25) is 4.79 Å². The molecule has 0 N–H and O–H groups in total. The Balaban J connectivity index is 4.46. The van der Waals surface area contributed by atoms with E-state index in [1.54, 1.807) is 0 Å². The third-order valence-electron chi connectivity index (χ3n) is 2.56. The maximum absolute atomic E-state index is 11.6. The Morgan fingerprint density at radius 1 is 1.00 bits per heavy atom. The van der Waals surface area contributed by atoms with Crippen molar-refractivity contribution in [3.63, 3.8) is 0 Å². The van der Waals surface area contributed by atoms with E-state index in [4.69, 9.17) is 4.74 Å². The zero-order valence-electron chi connectivity index (χ0n) is 12.7. The van der Waals surface area contributed by atoms with Gasteiger partial charge in [0.15, 0.2) is 0 Å². The number of carbonyl (C=O) groups is 1. The molecule has 2 nitrogen and oxygen atoms in total. The molecule has 0 rings (SSSR count). The van der Waals surface area contributed by atoms with Crippen LogP contribution in [0.2, 0.25) is 0 Å². The average Bonchev–Trinajstić information content (AvgIpc) is 1.96. The minimum absolute atomic E-state index is 0.0500. The van der Waals surface area contributed by atoms with Crippen LogP contribution >= 0.6 is 0 Å². The number of hydrogen-bond acceptors (Lipinski definition) is 2. The molecule has 0 aliphatic carbocycles. The van der Waals surface area contributed by atoms with E-state index in [1.165, 1.54) is 0 Å². The summed E-state index contributed by atoms with van der Waals surface area (Å²) in [6.07, 6.45) is 2.70. The van der Waals surface area contributed by atoms with E-state index in [0.29, 0.717) is 18.9 Å². The first kappa shape index (κ1) is 16.5. The molecule has 0 aliphatic rings. The fourth-order valence-corrected chi connectivity index (χ4v) is 2.40. The topological polar surface area (TPSA) is 26.3 Å². The molecule has 0 aromatic heterocycles. The van der Waals surface area contributed by atoms with Gasteiger partial charge in [0.25, 0.3) is 0 Å². The molecule has 2 heteroatoms. The predicted octanol–water partition coefficient (Wildman–Crippen LogP) is 4.43. The lowest BCUT2D eigenvalue weighted by molar-refractivity contribution is -0.144. The quantitative estimate of drug-likeness (QED) is 0.667. The summed E-state index contributed by atoms with van der Waals surface area (Å²) in [7, 11) is 0. The van der Waals surface area contributed by atoms with Crippen molar-refractivity contribution < 1.29 is 9.53 Å². The van der Waals surface area contributed by atoms with Crippen LogP contribution in [0.25, 0.3) is 0 Å². The normalized spacial score (nSPS) is 12.9. The minimum atomic E-state index is -0.0500. The van der Waals surface area contributed by atoms with Gasteiger partial charge in [0.2, 0.25) is 0 Å². The Labute approximate surface area is 107 Å². The minimum Gasteiger partial charge on any atom is -0.466 e. The molecule has 0 bridgehead atoms. The fraction of sp³-hybridized carbons (Fsp3) is 0.933. The molecule has 0 spiro atoms. The van der Waals surface area contributed by atoms with Crippen molar-refractivity contribution in [2.45, 2.75) is 67.7 Å². The number of carbonyl (C=O) groups excluding carboxylic acids is 1. The highest BCUT2D eigenvalue weighted by Crippen LogP contribution is 2.34. The van der Waals surface area contributed by atoms with E-state index in [-0.39, 0.29) is 16.8 Å². The van der Waals surface area contributed by atoms with Crippen molar-refractivity contribution >= 4 is 5.97 Å². The highest BCUT2D eigenvalue weighted by Gasteiger charge is 2.26. The molecule has 0 atom stereocenters. The number of hydrogen-bond donors (Lipinski definition) is 0. The molecule has 0 fully saturated rings. The molecule has 0 saturated carbocycles. The highest BCUT2D eigenvalue weighted by atomic mass is 16.5. The molecular formula is C15H30O2. The molecule has 0 radical (unpaired) electrons. The summed E-state index contributed by atoms with van der Waals surface area (Å²) in [5, 5.41) is 0. The fourth-order valence-electron chi connectivity index (χ4n) is 2.40. The maximum Gasteiger partial charge on any atom is 0.306 e. The predicted molar refractivity (Wildman–Crippen MR) is 72.9 cm³/mol. The Morgan fingerprint density at radius 3 is 1.71 bits per heavy atom. The first-order chi connectivity index (χ1) is 7.53. The smallest absolute Gasteiger partial charge is 0.306 e. The maximum atomic E-state index is 11.6. The molecule has 0 unspecified atom stereocenters. The van der Waals surface area contributed by atoms with Crippen LogP contribution in [0.3, 0.4) is 0 Å². The molecular weight excluding hydrogens is 212 g/mol. The highest BCUT2D eigenvalue weighted by molar-refractivity contribution is 5.69. The van der Waals surface area contributed by atoms with Gasteiger partial charge in [-0.05, 0) is 36.5 Å². The summed E-state index contributed by atoms with van der Waals surface area (Å²) in [5.41, 5.74) is 0.533. The van der Waals surface area contributed by atoms with Crippen molar-refractivity contribution in [3.8, 4) is 0 Å². The summed E-state index contributed by atoms with van der Waals surface area (Å²) in [4.78, 5) is 11.6. The number of esters is 1. The second kappa shape index (κ2) is 6.42. The van der Waals surface area contributed by atoms with E-state index in [0.717, 1.165) is 12.8 Å². The lowest BCUT2D eigenvalue weighted by Gasteiger charge is -2.30. The average molecular weight is 242 g/mol. The summed E-state index contributed by atoms with van der Waals surface area (Å²) in [5.74, 6) is 0.375. The van der Waals surface area contributed by atoms with E-state index < -0.39 is 0 Å². The van der Waals surface area contributed by atoms with Gasteiger partial charge in [0.05, 0.1) is 6.61 Å². The van der Waals surface area contributed by atoms with Crippen LogP contribution in [0, 0.1) is 16.7 Å². The first-order valence-corrected chi connectivity index (χ1v) is 6.69. The number of rotatable bonds is 5. The largest absolute Gasteiger partial charge is 0.466 e. The van der Waals surface area contributed by atoms with Crippen LogP contribution in [0.4, 0.5) is 0 Å². The SMILES string of the molecule is CCOC(=O)CC(CC(C)(C)C)CC(C)(C)C. The Bertz CT molecular complexity index is 214.